The summed E-state index contributed by atoms with van der Waals surface area (Å²) in [6, 6.07) is 0.450. The van der Waals surface area contributed by atoms with Gasteiger partial charge in [-0.1, -0.05) is 0 Å². The maximum atomic E-state index is 4.64. The van der Waals surface area contributed by atoms with E-state index in [-0.39, 0.29) is 0 Å². The first-order valence-electron chi connectivity index (χ1n) is 7.99. The summed E-state index contributed by atoms with van der Waals surface area (Å²) in [6.07, 6.45) is 5.19. The maximum absolute atomic E-state index is 4.64. The number of aryl methyl sites for hydroxylation is 2. The minimum absolute atomic E-state index is 0.450. The number of aromatic nitrogens is 3. The highest BCUT2D eigenvalue weighted by atomic mass is 32.1. The summed E-state index contributed by atoms with van der Waals surface area (Å²) in [4.78, 5) is 18.5. The van der Waals surface area contributed by atoms with Crippen molar-refractivity contribution in [3.05, 3.63) is 28.7 Å². The highest BCUT2D eigenvalue weighted by Gasteiger charge is 2.29. The molecule has 1 aliphatic heterocycles. The molecule has 2 aromatic rings. The lowest BCUT2D eigenvalue weighted by molar-refractivity contribution is 0.544. The van der Waals surface area contributed by atoms with Gasteiger partial charge in [0, 0.05) is 42.3 Å². The van der Waals surface area contributed by atoms with Crippen LogP contribution in [0.5, 0.6) is 0 Å². The van der Waals surface area contributed by atoms with Crippen molar-refractivity contribution in [2.24, 2.45) is 0 Å². The van der Waals surface area contributed by atoms with E-state index in [0.29, 0.717) is 6.04 Å². The Bertz CT molecular complexity index is 683. The molecule has 1 fully saturated rings. The molecular formula is C16H21N5S. The SMILES string of the molecule is Cc1csc(N2CCN(c3ncnc4c3CCC4)C[C@H]2C)n1. The van der Waals surface area contributed by atoms with E-state index in [4.69, 9.17) is 0 Å². The first kappa shape index (κ1) is 13.9. The number of piperazine rings is 1. The number of anilines is 2. The quantitative estimate of drug-likeness (QED) is 0.852. The molecule has 0 unspecified atom stereocenters. The Labute approximate surface area is 135 Å². The number of fused-ring (bicyclic) bond motifs is 1. The molecule has 1 saturated heterocycles. The van der Waals surface area contributed by atoms with Crippen LogP contribution in [0.15, 0.2) is 11.7 Å². The minimum atomic E-state index is 0.450. The lowest BCUT2D eigenvalue weighted by atomic mass is 10.1. The van der Waals surface area contributed by atoms with Gasteiger partial charge in [-0.3, -0.25) is 0 Å². The van der Waals surface area contributed by atoms with Crippen LogP contribution in [-0.2, 0) is 12.8 Å². The van der Waals surface area contributed by atoms with E-state index < -0.39 is 0 Å². The van der Waals surface area contributed by atoms with Crippen molar-refractivity contribution in [3.63, 3.8) is 0 Å². The third-order valence-corrected chi connectivity index (χ3v) is 5.63. The molecule has 1 atom stereocenters. The molecule has 1 aliphatic carbocycles. The van der Waals surface area contributed by atoms with Gasteiger partial charge in [0.15, 0.2) is 5.13 Å². The van der Waals surface area contributed by atoms with Crippen molar-refractivity contribution in [1.29, 1.82) is 0 Å². The fourth-order valence-electron chi connectivity index (χ4n) is 3.52. The van der Waals surface area contributed by atoms with Crippen LogP contribution in [0.25, 0.3) is 0 Å². The van der Waals surface area contributed by atoms with Gasteiger partial charge in [-0.25, -0.2) is 15.0 Å². The van der Waals surface area contributed by atoms with Crippen LogP contribution in [0.1, 0.15) is 30.3 Å². The number of hydrogen-bond acceptors (Lipinski definition) is 6. The molecule has 3 heterocycles. The average molecular weight is 315 g/mol. The molecule has 116 valence electrons. The van der Waals surface area contributed by atoms with Gasteiger partial charge in [-0.2, -0.15) is 0 Å². The second-order valence-corrected chi connectivity index (χ2v) is 7.07. The Kier molecular flexibility index (Phi) is 3.48. The molecule has 22 heavy (non-hydrogen) atoms. The summed E-state index contributed by atoms with van der Waals surface area (Å²) in [5, 5.41) is 3.28. The van der Waals surface area contributed by atoms with Gasteiger partial charge < -0.3 is 9.80 Å². The number of nitrogens with zero attached hydrogens (tertiary/aromatic N) is 5. The van der Waals surface area contributed by atoms with Crippen LogP contribution in [-0.4, -0.2) is 40.6 Å². The fraction of sp³-hybridized carbons (Fsp3) is 0.562. The molecule has 0 radical (unpaired) electrons. The summed E-state index contributed by atoms with van der Waals surface area (Å²) in [6.45, 7) is 7.36. The van der Waals surface area contributed by atoms with Gasteiger partial charge in [-0.15, -0.1) is 11.3 Å². The van der Waals surface area contributed by atoms with Crippen molar-refractivity contribution < 1.29 is 0 Å². The summed E-state index contributed by atoms with van der Waals surface area (Å²) in [7, 11) is 0. The summed E-state index contributed by atoms with van der Waals surface area (Å²) in [5.74, 6) is 1.17. The Morgan fingerprint density at radius 2 is 2.14 bits per heavy atom. The first-order valence-corrected chi connectivity index (χ1v) is 8.87. The summed E-state index contributed by atoms with van der Waals surface area (Å²) in [5.41, 5.74) is 3.76. The predicted molar refractivity (Wildman–Crippen MR) is 89.9 cm³/mol. The summed E-state index contributed by atoms with van der Waals surface area (Å²) >= 11 is 1.75. The largest absolute Gasteiger partial charge is 0.352 e. The monoisotopic (exact) mass is 315 g/mol. The predicted octanol–water partition coefficient (Wildman–Crippen LogP) is 2.45. The van der Waals surface area contributed by atoms with Gasteiger partial charge in [0.1, 0.15) is 12.1 Å². The van der Waals surface area contributed by atoms with Crippen molar-refractivity contribution in [3.8, 4) is 0 Å². The summed E-state index contributed by atoms with van der Waals surface area (Å²) < 4.78 is 0. The highest BCUT2D eigenvalue weighted by molar-refractivity contribution is 7.13. The first-order chi connectivity index (χ1) is 10.7. The maximum Gasteiger partial charge on any atom is 0.185 e. The zero-order chi connectivity index (χ0) is 15.1. The highest BCUT2D eigenvalue weighted by Crippen LogP contribution is 2.31. The fourth-order valence-corrected chi connectivity index (χ4v) is 4.45. The third kappa shape index (κ3) is 2.35. The van der Waals surface area contributed by atoms with Gasteiger partial charge >= 0.3 is 0 Å². The van der Waals surface area contributed by atoms with E-state index in [1.165, 1.54) is 23.5 Å². The Morgan fingerprint density at radius 3 is 2.91 bits per heavy atom. The van der Waals surface area contributed by atoms with E-state index >= 15 is 0 Å². The average Bonchev–Trinajstić information content (AvgIpc) is 3.15. The number of hydrogen-bond donors (Lipinski definition) is 0. The lowest BCUT2D eigenvalue weighted by Gasteiger charge is -2.40. The minimum Gasteiger partial charge on any atom is -0.352 e. The van der Waals surface area contributed by atoms with Crippen LogP contribution in [0, 0.1) is 6.92 Å². The Hall–Kier alpha value is -1.69. The normalized spacial score (nSPS) is 21.3. The molecule has 6 heteroatoms. The van der Waals surface area contributed by atoms with E-state index in [9.17, 15) is 0 Å². The zero-order valence-electron chi connectivity index (χ0n) is 13.1. The molecule has 5 nitrogen and oxygen atoms in total. The van der Waals surface area contributed by atoms with Gasteiger partial charge in [-0.05, 0) is 33.1 Å². The standard InChI is InChI=1S/C16H21N5S/c1-11-9-22-16(19-11)21-7-6-20(8-12(21)2)15-13-4-3-5-14(13)17-10-18-15/h9-10,12H,3-8H2,1-2H3/t12-/m1/s1. The van der Waals surface area contributed by atoms with E-state index in [1.54, 1.807) is 17.7 Å². The Morgan fingerprint density at radius 1 is 1.23 bits per heavy atom. The van der Waals surface area contributed by atoms with Crippen molar-refractivity contribution >= 4 is 22.3 Å². The lowest BCUT2D eigenvalue weighted by Crippen LogP contribution is -2.52. The second kappa shape index (κ2) is 5.50. The number of thiazole rings is 1. The Balaban J connectivity index is 1.55. The van der Waals surface area contributed by atoms with Crippen molar-refractivity contribution in [2.45, 2.75) is 39.2 Å². The van der Waals surface area contributed by atoms with Crippen molar-refractivity contribution in [1.82, 2.24) is 15.0 Å². The molecule has 0 aromatic carbocycles. The number of rotatable bonds is 2. The van der Waals surface area contributed by atoms with Crippen LogP contribution >= 0.6 is 11.3 Å². The third-order valence-electron chi connectivity index (χ3n) is 4.63. The molecule has 0 bridgehead atoms. The zero-order valence-corrected chi connectivity index (χ0v) is 13.9. The van der Waals surface area contributed by atoms with Crippen LogP contribution in [0.3, 0.4) is 0 Å². The van der Waals surface area contributed by atoms with Gasteiger partial charge in [0.2, 0.25) is 0 Å². The molecule has 0 saturated carbocycles. The van der Waals surface area contributed by atoms with Gasteiger partial charge in [0.05, 0.1) is 5.69 Å². The van der Waals surface area contributed by atoms with Crippen molar-refractivity contribution in [2.75, 3.05) is 29.4 Å². The molecule has 0 amide bonds. The van der Waals surface area contributed by atoms with Crippen LogP contribution in [0.2, 0.25) is 0 Å². The molecule has 4 rings (SSSR count). The van der Waals surface area contributed by atoms with Crippen LogP contribution < -0.4 is 9.80 Å². The van der Waals surface area contributed by atoms with Crippen LogP contribution in [0.4, 0.5) is 10.9 Å². The van der Waals surface area contributed by atoms with E-state index in [2.05, 4.69) is 44.0 Å². The second-order valence-electron chi connectivity index (χ2n) is 6.24. The van der Waals surface area contributed by atoms with E-state index in [0.717, 1.165) is 43.3 Å². The smallest absolute Gasteiger partial charge is 0.185 e. The van der Waals surface area contributed by atoms with E-state index in [1.807, 2.05) is 0 Å². The van der Waals surface area contributed by atoms with Gasteiger partial charge in [0.25, 0.3) is 0 Å². The molecule has 2 aliphatic rings. The molecule has 0 N–H and O–H groups in total. The topological polar surface area (TPSA) is 45.2 Å². The molecule has 2 aromatic heterocycles. The molecule has 0 spiro atoms. The molecular weight excluding hydrogens is 294 g/mol.